The molecule has 1 heterocycles. The summed E-state index contributed by atoms with van der Waals surface area (Å²) in [5, 5.41) is 3.21. The molecule has 1 aromatic carbocycles. The fraction of sp³-hybridized carbons (Fsp3) is 0.250. The molecule has 0 atom stereocenters. The summed E-state index contributed by atoms with van der Waals surface area (Å²) in [4.78, 5) is 9.84. The molecule has 0 unspecified atom stereocenters. The summed E-state index contributed by atoms with van der Waals surface area (Å²) >= 11 is 10.0. The van der Waals surface area contributed by atoms with E-state index in [0.29, 0.717) is 15.5 Å². The second kappa shape index (κ2) is 5.41. The van der Waals surface area contributed by atoms with Gasteiger partial charge in [-0.1, -0.05) is 24.6 Å². The molecule has 6 heteroatoms. The van der Waals surface area contributed by atoms with Gasteiger partial charge >= 0.3 is 0 Å². The number of aryl methyl sites for hydroxylation is 2. The topological polar surface area (TPSA) is 56.5 Å². The molecule has 1 aromatic heterocycles. The van der Waals surface area contributed by atoms with Crippen LogP contribution in [0.3, 0.4) is 0 Å². The van der Waals surface area contributed by atoms with Crippen molar-refractivity contribution in [3.63, 3.8) is 0 Å². The van der Waals surface area contributed by atoms with Crippen LogP contribution in [0.5, 0.6) is 0 Å². The molecule has 0 aliphatic heterocycles. The highest BCUT2D eigenvalue weighted by molar-refractivity contribution is 7.71. The molecule has 94 valence electrons. The molecule has 0 fully saturated rings. The van der Waals surface area contributed by atoms with E-state index in [-0.39, 0.29) is 0 Å². The van der Waals surface area contributed by atoms with Crippen molar-refractivity contribution in [2.45, 2.75) is 20.3 Å². The molecule has 0 spiro atoms. The highest BCUT2D eigenvalue weighted by atomic mass is 32.1. The molecular formula is C12H14N4S2. The first-order valence-electron chi connectivity index (χ1n) is 5.65. The van der Waals surface area contributed by atoms with Gasteiger partial charge in [0.15, 0.2) is 4.77 Å². The van der Waals surface area contributed by atoms with Crippen molar-refractivity contribution >= 4 is 36.1 Å². The lowest BCUT2D eigenvalue weighted by atomic mass is 10.1. The van der Waals surface area contributed by atoms with Crippen molar-refractivity contribution in [3.05, 3.63) is 38.9 Å². The van der Waals surface area contributed by atoms with Crippen molar-refractivity contribution in [3.8, 4) is 0 Å². The number of rotatable bonds is 3. The number of hydrogen-bond donors (Lipinski definition) is 3. The third kappa shape index (κ3) is 3.02. The summed E-state index contributed by atoms with van der Waals surface area (Å²) in [6.45, 7) is 4.19. The highest BCUT2D eigenvalue weighted by Crippen LogP contribution is 2.20. The van der Waals surface area contributed by atoms with E-state index < -0.39 is 0 Å². The Morgan fingerprint density at radius 2 is 2.06 bits per heavy atom. The van der Waals surface area contributed by atoms with Crippen LogP contribution in [0.1, 0.15) is 18.1 Å². The minimum absolute atomic E-state index is 0.367. The van der Waals surface area contributed by atoms with Gasteiger partial charge in [0, 0.05) is 5.69 Å². The third-order valence-corrected chi connectivity index (χ3v) is 2.96. The molecule has 0 saturated carbocycles. The quantitative estimate of drug-likeness (QED) is 0.747. The largest absolute Gasteiger partial charge is 0.325 e. The molecule has 2 rings (SSSR count). The first kappa shape index (κ1) is 12.9. The van der Waals surface area contributed by atoms with Gasteiger partial charge in [-0.15, -0.1) is 0 Å². The second-order valence-corrected chi connectivity index (χ2v) is 4.78. The first-order valence-corrected chi connectivity index (χ1v) is 6.47. The maximum absolute atomic E-state index is 5.03. The van der Waals surface area contributed by atoms with Gasteiger partial charge in [0.05, 0.1) is 0 Å². The maximum atomic E-state index is 5.03. The SMILES string of the molecule is CCc1cc(C)ccc1Nc1nc(=S)[nH]c(=S)[nH]1. The Morgan fingerprint density at radius 1 is 1.28 bits per heavy atom. The number of benzene rings is 1. The fourth-order valence-corrected chi connectivity index (χ4v) is 2.17. The predicted molar refractivity (Wildman–Crippen MR) is 78.4 cm³/mol. The molecule has 4 nitrogen and oxygen atoms in total. The lowest BCUT2D eigenvalue weighted by Crippen LogP contribution is -2.01. The van der Waals surface area contributed by atoms with Gasteiger partial charge in [0.25, 0.3) is 0 Å². The zero-order chi connectivity index (χ0) is 13.1. The van der Waals surface area contributed by atoms with E-state index in [2.05, 4.69) is 46.2 Å². The summed E-state index contributed by atoms with van der Waals surface area (Å²) < 4.78 is 0.828. The van der Waals surface area contributed by atoms with Gasteiger partial charge < -0.3 is 15.3 Å². The lowest BCUT2D eigenvalue weighted by Gasteiger charge is -2.10. The average molecular weight is 278 g/mol. The number of H-pyrrole nitrogens is 2. The number of aromatic amines is 2. The monoisotopic (exact) mass is 278 g/mol. The third-order valence-electron chi connectivity index (χ3n) is 2.56. The standard InChI is InChI=1S/C12H14N4S2/c1-3-8-6-7(2)4-5-9(8)13-10-14-11(17)16-12(18)15-10/h4-6H,3H2,1-2H3,(H3,13,14,15,16,17,18). The van der Waals surface area contributed by atoms with Crippen LogP contribution in [0.25, 0.3) is 0 Å². The van der Waals surface area contributed by atoms with E-state index >= 15 is 0 Å². The summed E-state index contributed by atoms with van der Waals surface area (Å²) in [5.74, 6) is 0.558. The van der Waals surface area contributed by atoms with Gasteiger partial charge in [0.2, 0.25) is 10.7 Å². The predicted octanol–water partition coefficient (Wildman–Crippen LogP) is 3.81. The van der Waals surface area contributed by atoms with Gasteiger partial charge in [0.1, 0.15) is 0 Å². The molecule has 0 radical (unpaired) electrons. The molecular weight excluding hydrogens is 264 g/mol. The van der Waals surface area contributed by atoms with E-state index in [1.165, 1.54) is 11.1 Å². The molecule has 0 bridgehead atoms. The first-order chi connectivity index (χ1) is 8.58. The van der Waals surface area contributed by atoms with Crippen LogP contribution in [0.4, 0.5) is 11.6 Å². The van der Waals surface area contributed by atoms with Gasteiger partial charge in [-0.05, 0) is 49.4 Å². The molecule has 18 heavy (non-hydrogen) atoms. The molecule has 3 N–H and O–H groups in total. The number of aromatic nitrogens is 3. The fourth-order valence-electron chi connectivity index (χ4n) is 1.72. The Labute approximate surface area is 116 Å². The van der Waals surface area contributed by atoms with Crippen LogP contribution < -0.4 is 5.32 Å². The molecule has 0 aliphatic carbocycles. The lowest BCUT2D eigenvalue weighted by molar-refractivity contribution is 1.01. The van der Waals surface area contributed by atoms with Crippen molar-refractivity contribution in [2.75, 3.05) is 5.32 Å². The van der Waals surface area contributed by atoms with E-state index in [9.17, 15) is 0 Å². The van der Waals surface area contributed by atoms with Crippen LogP contribution in [0.15, 0.2) is 18.2 Å². The molecule has 0 amide bonds. The van der Waals surface area contributed by atoms with Gasteiger partial charge in [-0.3, -0.25) is 0 Å². The van der Waals surface area contributed by atoms with Crippen molar-refractivity contribution in [1.29, 1.82) is 0 Å². The van der Waals surface area contributed by atoms with E-state index in [4.69, 9.17) is 24.4 Å². The average Bonchev–Trinajstić information content (AvgIpc) is 2.30. The maximum Gasteiger partial charge on any atom is 0.209 e. The smallest absolute Gasteiger partial charge is 0.209 e. The van der Waals surface area contributed by atoms with Crippen LogP contribution >= 0.6 is 24.4 Å². The van der Waals surface area contributed by atoms with Crippen molar-refractivity contribution in [2.24, 2.45) is 0 Å². The summed E-state index contributed by atoms with van der Waals surface area (Å²) in [7, 11) is 0. The number of nitrogens with one attached hydrogen (secondary N) is 3. The summed E-state index contributed by atoms with van der Waals surface area (Å²) in [5.41, 5.74) is 3.49. The number of nitrogens with zero attached hydrogens (tertiary/aromatic N) is 1. The Bertz CT molecular complexity index is 644. The Balaban J connectivity index is 2.39. The Kier molecular flexibility index (Phi) is 3.88. The summed E-state index contributed by atoms with van der Waals surface area (Å²) in [6.07, 6.45) is 0.949. The molecule has 0 saturated heterocycles. The number of hydrogen-bond acceptors (Lipinski definition) is 4. The molecule has 2 aromatic rings. The summed E-state index contributed by atoms with van der Waals surface area (Å²) in [6, 6.07) is 6.24. The van der Waals surface area contributed by atoms with Crippen molar-refractivity contribution < 1.29 is 0 Å². The zero-order valence-corrected chi connectivity index (χ0v) is 11.8. The minimum Gasteiger partial charge on any atom is -0.325 e. The normalized spacial score (nSPS) is 10.3. The van der Waals surface area contributed by atoms with Gasteiger partial charge in [-0.2, -0.15) is 4.98 Å². The van der Waals surface area contributed by atoms with E-state index in [0.717, 1.165) is 12.1 Å². The van der Waals surface area contributed by atoms with Crippen LogP contribution in [-0.2, 0) is 6.42 Å². The van der Waals surface area contributed by atoms with Crippen LogP contribution in [0.2, 0.25) is 0 Å². The van der Waals surface area contributed by atoms with Crippen LogP contribution in [-0.4, -0.2) is 15.0 Å². The Hall–Kier alpha value is -1.53. The Morgan fingerprint density at radius 3 is 2.72 bits per heavy atom. The molecule has 0 aliphatic rings. The van der Waals surface area contributed by atoms with Crippen molar-refractivity contribution in [1.82, 2.24) is 15.0 Å². The number of anilines is 2. The van der Waals surface area contributed by atoms with E-state index in [1.54, 1.807) is 0 Å². The van der Waals surface area contributed by atoms with Crippen LogP contribution in [0, 0.1) is 16.5 Å². The minimum atomic E-state index is 0.367. The van der Waals surface area contributed by atoms with E-state index in [1.807, 2.05) is 6.07 Å². The zero-order valence-electron chi connectivity index (χ0n) is 10.2. The highest BCUT2D eigenvalue weighted by Gasteiger charge is 2.03. The van der Waals surface area contributed by atoms with Gasteiger partial charge in [-0.25, -0.2) is 0 Å². The second-order valence-electron chi connectivity index (χ2n) is 3.98.